The van der Waals surface area contributed by atoms with Gasteiger partial charge in [0, 0.05) is 54.9 Å². The van der Waals surface area contributed by atoms with Gasteiger partial charge in [0.2, 0.25) is 0 Å². The Hall–Kier alpha value is -4.71. The third-order valence-electron chi connectivity index (χ3n) is 6.02. The Labute approximate surface area is 211 Å². The number of amides is 3. The van der Waals surface area contributed by atoms with Crippen molar-refractivity contribution in [2.24, 2.45) is 0 Å². The standard InChI is InChI=1S/C30H27N3O3/c1-31(25-13-7-4-8-14-25)28(34)22-19-23(29(35)32(2)26-15-9-5-10-16-26)21-24(20-22)30(36)33(3)27-17-11-6-12-18-27/h4-21H,1-3H3. The molecule has 0 N–H and O–H groups in total. The number of para-hydroxylation sites is 3. The molecule has 0 heterocycles. The summed E-state index contributed by atoms with van der Waals surface area (Å²) in [5.74, 6) is -0.973. The number of benzene rings is 4. The summed E-state index contributed by atoms with van der Waals surface area (Å²) in [5.41, 5.74) is 2.86. The molecule has 0 radical (unpaired) electrons. The van der Waals surface area contributed by atoms with Gasteiger partial charge in [0.1, 0.15) is 0 Å². The highest BCUT2D eigenvalue weighted by molar-refractivity contribution is 6.14. The number of carbonyl (C=O) groups is 3. The van der Waals surface area contributed by atoms with E-state index in [2.05, 4.69) is 0 Å². The molecule has 4 aromatic rings. The van der Waals surface area contributed by atoms with E-state index >= 15 is 0 Å². The van der Waals surface area contributed by atoms with Crippen LogP contribution in [0.2, 0.25) is 0 Å². The van der Waals surface area contributed by atoms with Crippen LogP contribution in [0.25, 0.3) is 0 Å². The van der Waals surface area contributed by atoms with Gasteiger partial charge in [0.05, 0.1) is 0 Å². The van der Waals surface area contributed by atoms with Crippen LogP contribution in [0.3, 0.4) is 0 Å². The third-order valence-corrected chi connectivity index (χ3v) is 6.02. The monoisotopic (exact) mass is 477 g/mol. The molecule has 0 unspecified atom stereocenters. The van der Waals surface area contributed by atoms with Gasteiger partial charge in [-0.1, -0.05) is 54.6 Å². The largest absolute Gasteiger partial charge is 0.311 e. The highest BCUT2D eigenvalue weighted by atomic mass is 16.2. The number of carbonyl (C=O) groups excluding carboxylic acids is 3. The summed E-state index contributed by atoms with van der Waals surface area (Å²) >= 11 is 0. The average molecular weight is 478 g/mol. The van der Waals surface area contributed by atoms with Crippen LogP contribution in [0.15, 0.2) is 109 Å². The smallest absolute Gasteiger partial charge is 0.258 e. The summed E-state index contributed by atoms with van der Waals surface area (Å²) in [6.07, 6.45) is 0. The van der Waals surface area contributed by atoms with Crippen molar-refractivity contribution in [3.05, 3.63) is 126 Å². The fourth-order valence-corrected chi connectivity index (χ4v) is 3.89. The third kappa shape index (κ3) is 5.18. The molecular weight excluding hydrogens is 450 g/mol. The van der Waals surface area contributed by atoms with Gasteiger partial charge < -0.3 is 14.7 Å². The number of nitrogens with zero attached hydrogens (tertiary/aromatic N) is 3. The van der Waals surface area contributed by atoms with E-state index in [-0.39, 0.29) is 34.4 Å². The number of anilines is 3. The summed E-state index contributed by atoms with van der Waals surface area (Å²) in [7, 11) is 5.00. The van der Waals surface area contributed by atoms with Gasteiger partial charge in [-0.3, -0.25) is 14.4 Å². The van der Waals surface area contributed by atoms with Gasteiger partial charge in [-0.05, 0) is 54.6 Å². The molecule has 6 heteroatoms. The molecule has 0 saturated carbocycles. The van der Waals surface area contributed by atoms with Gasteiger partial charge in [0.15, 0.2) is 0 Å². The highest BCUT2D eigenvalue weighted by Gasteiger charge is 2.23. The van der Waals surface area contributed by atoms with Crippen LogP contribution in [-0.2, 0) is 0 Å². The van der Waals surface area contributed by atoms with Crippen molar-refractivity contribution in [3.8, 4) is 0 Å². The second-order valence-corrected chi connectivity index (χ2v) is 8.40. The van der Waals surface area contributed by atoms with Crippen LogP contribution < -0.4 is 14.7 Å². The minimum atomic E-state index is -0.324. The molecule has 0 aromatic heterocycles. The molecule has 6 nitrogen and oxygen atoms in total. The molecule has 3 amide bonds. The van der Waals surface area contributed by atoms with E-state index < -0.39 is 0 Å². The zero-order chi connectivity index (χ0) is 25.7. The maximum atomic E-state index is 13.5. The zero-order valence-electron chi connectivity index (χ0n) is 20.5. The summed E-state index contributed by atoms with van der Waals surface area (Å²) in [6.45, 7) is 0. The van der Waals surface area contributed by atoms with Crippen molar-refractivity contribution in [3.63, 3.8) is 0 Å². The normalized spacial score (nSPS) is 10.4. The Morgan fingerprint density at radius 3 is 0.861 bits per heavy atom. The first-order valence-electron chi connectivity index (χ1n) is 11.5. The maximum absolute atomic E-state index is 13.5. The molecule has 0 atom stereocenters. The lowest BCUT2D eigenvalue weighted by atomic mass is 10.0. The minimum Gasteiger partial charge on any atom is -0.311 e. The van der Waals surface area contributed by atoms with E-state index in [1.165, 1.54) is 14.7 Å². The summed E-state index contributed by atoms with van der Waals surface area (Å²) in [4.78, 5) is 44.9. The molecular formula is C30H27N3O3. The Bertz CT molecular complexity index is 1190. The van der Waals surface area contributed by atoms with E-state index in [0.29, 0.717) is 17.1 Å². The quantitative estimate of drug-likeness (QED) is 0.368. The lowest BCUT2D eigenvalue weighted by Crippen LogP contribution is -2.31. The van der Waals surface area contributed by atoms with Gasteiger partial charge in [-0.15, -0.1) is 0 Å². The van der Waals surface area contributed by atoms with Crippen LogP contribution in [0.1, 0.15) is 31.1 Å². The Morgan fingerprint density at radius 1 is 0.417 bits per heavy atom. The van der Waals surface area contributed by atoms with Crippen molar-refractivity contribution in [1.29, 1.82) is 0 Å². The summed E-state index contributed by atoms with van der Waals surface area (Å²) < 4.78 is 0. The van der Waals surface area contributed by atoms with E-state index in [1.807, 2.05) is 91.0 Å². The van der Waals surface area contributed by atoms with E-state index in [1.54, 1.807) is 39.3 Å². The lowest BCUT2D eigenvalue weighted by Gasteiger charge is -2.22. The molecule has 0 saturated heterocycles. The van der Waals surface area contributed by atoms with Crippen LogP contribution in [0, 0.1) is 0 Å². The topological polar surface area (TPSA) is 60.9 Å². The van der Waals surface area contributed by atoms with Gasteiger partial charge in [-0.2, -0.15) is 0 Å². The SMILES string of the molecule is CN(C(=O)c1cc(C(=O)N(C)c2ccccc2)cc(C(=O)N(C)c2ccccc2)c1)c1ccccc1. The molecule has 0 aliphatic rings. The maximum Gasteiger partial charge on any atom is 0.258 e. The average Bonchev–Trinajstić information content (AvgIpc) is 2.95. The first-order valence-corrected chi connectivity index (χ1v) is 11.5. The van der Waals surface area contributed by atoms with E-state index in [4.69, 9.17) is 0 Å². The first-order chi connectivity index (χ1) is 17.4. The van der Waals surface area contributed by atoms with Crippen molar-refractivity contribution in [2.45, 2.75) is 0 Å². The van der Waals surface area contributed by atoms with Gasteiger partial charge in [-0.25, -0.2) is 0 Å². The molecule has 4 aromatic carbocycles. The van der Waals surface area contributed by atoms with E-state index in [9.17, 15) is 14.4 Å². The minimum absolute atomic E-state index is 0.249. The zero-order valence-corrected chi connectivity index (χ0v) is 20.5. The Balaban J connectivity index is 1.76. The second-order valence-electron chi connectivity index (χ2n) is 8.40. The van der Waals surface area contributed by atoms with Crippen LogP contribution in [0.5, 0.6) is 0 Å². The van der Waals surface area contributed by atoms with Gasteiger partial charge in [0.25, 0.3) is 17.7 Å². The number of hydrogen-bond acceptors (Lipinski definition) is 3. The molecule has 0 fully saturated rings. The Morgan fingerprint density at radius 2 is 0.639 bits per heavy atom. The summed E-state index contributed by atoms with van der Waals surface area (Å²) in [5, 5.41) is 0. The second kappa shape index (κ2) is 10.7. The van der Waals surface area contributed by atoms with Crippen LogP contribution in [-0.4, -0.2) is 38.9 Å². The summed E-state index contributed by atoms with van der Waals surface area (Å²) in [6, 6.07) is 32.3. The molecule has 0 spiro atoms. The molecule has 36 heavy (non-hydrogen) atoms. The van der Waals surface area contributed by atoms with Crippen molar-refractivity contribution in [2.75, 3.05) is 35.8 Å². The predicted octanol–water partition coefficient (Wildman–Crippen LogP) is 5.52. The molecule has 4 rings (SSSR count). The van der Waals surface area contributed by atoms with Crippen molar-refractivity contribution >= 4 is 34.8 Å². The lowest BCUT2D eigenvalue weighted by molar-refractivity contribution is 0.0992. The molecule has 180 valence electrons. The van der Waals surface area contributed by atoms with Crippen molar-refractivity contribution in [1.82, 2.24) is 0 Å². The number of rotatable bonds is 6. The first kappa shape index (κ1) is 24.4. The van der Waals surface area contributed by atoms with Crippen LogP contribution >= 0.6 is 0 Å². The van der Waals surface area contributed by atoms with Crippen molar-refractivity contribution < 1.29 is 14.4 Å². The van der Waals surface area contributed by atoms with E-state index in [0.717, 1.165) is 0 Å². The highest BCUT2D eigenvalue weighted by Crippen LogP contribution is 2.22. The number of hydrogen-bond donors (Lipinski definition) is 0. The predicted molar refractivity (Wildman–Crippen MR) is 144 cm³/mol. The molecule has 0 bridgehead atoms. The fourth-order valence-electron chi connectivity index (χ4n) is 3.89. The fraction of sp³-hybridized carbons (Fsp3) is 0.100. The van der Waals surface area contributed by atoms with Gasteiger partial charge >= 0.3 is 0 Å². The van der Waals surface area contributed by atoms with Crippen LogP contribution in [0.4, 0.5) is 17.1 Å². The Kier molecular flexibility index (Phi) is 7.25. The molecule has 0 aliphatic heterocycles. The molecule has 0 aliphatic carbocycles.